The third-order valence-corrected chi connectivity index (χ3v) is 6.58. The Morgan fingerprint density at radius 1 is 1.32 bits per heavy atom. The Morgan fingerprint density at radius 3 is 2.79 bits per heavy atom. The highest BCUT2D eigenvalue weighted by Gasteiger charge is 2.28. The Labute approximate surface area is 199 Å². The van der Waals surface area contributed by atoms with E-state index in [0.717, 1.165) is 42.6 Å². The molecule has 2 aromatic carbocycles. The van der Waals surface area contributed by atoms with Gasteiger partial charge in [-0.25, -0.2) is 4.79 Å². The van der Waals surface area contributed by atoms with Gasteiger partial charge in [0, 0.05) is 31.2 Å². The summed E-state index contributed by atoms with van der Waals surface area (Å²) in [6.07, 6.45) is 0.869. The molecule has 2 aromatic rings. The van der Waals surface area contributed by atoms with Gasteiger partial charge in [0.25, 0.3) is 5.91 Å². The molecule has 34 heavy (non-hydrogen) atoms. The lowest BCUT2D eigenvalue weighted by atomic mass is 9.94. The van der Waals surface area contributed by atoms with Gasteiger partial charge in [0.1, 0.15) is 12.4 Å². The van der Waals surface area contributed by atoms with Crippen LogP contribution in [0.15, 0.2) is 30.3 Å². The summed E-state index contributed by atoms with van der Waals surface area (Å²) in [5.74, 6) is -0.106. The molecule has 0 saturated carbocycles. The van der Waals surface area contributed by atoms with Crippen molar-refractivity contribution in [1.29, 1.82) is 5.26 Å². The monoisotopic (exact) mass is 463 g/mol. The van der Waals surface area contributed by atoms with Gasteiger partial charge in [-0.3, -0.25) is 4.79 Å². The second-order valence-electron chi connectivity index (χ2n) is 8.70. The number of hydrogen-bond acceptors (Lipinski definition) is 7. The van der Waals surface area contributed by atoms with E-state index >= 15 is 0 Å². The lowest BCUT2D eigenvalue weighted by Crippen LogP contribution is -2.45. The smallest absolute Gasteiger partial charge is 0.338 e. The van der Waals surface area contributed by atoms with Crippen LogP contribution >= 0.6 is 0 Å². The highest BCUT2D eigenvalue weighted by Crippen LogP contribution is 2.30. The second-order valence-corrected chi connectivity index (χ2v) is 8.70. The summed E-state index contributed by atoms with van der Waals surface area (Å²) in [6, 6.07) is 10.5. The summed E-state index contributed by atoms with van der Waals surface area (Å²) in [5, 5.41) is 23.0. The van der Waals surface area contributed by atoms with Crippen LogP contribution in [0, 0.1) is 18.3 Å². The van der Waals surface area contributed by atoms with Crippen LogP contribution < -0.4 is 10.1 Å². The molecule has 1 fully saturated rings. The minimum atomic E-state index is -0.667. The number of nitrogens with one attached hydrogen (secondary N) is 1. The molecular formula is C26H29N3O5. The van der Waals surface area contributed by atoms with Gasteiger partial charge in [0.2, 0.25) is 0 Å². The number of hydrogen-bond donors (Lipinski definition) is 2. The first-order valence-electron chi connectivity index (χ1n) is 11.6. The molecule has 2 N–H and O–H groups in total. The summed E-state index contributed by atoms with van der Waals surface area (Å²) < 4.78 is 10.7. The number of nitriles is 1. The number of β-amino-alcohol motifs (C(OH)–C–C–N with tert-alkyl or cyclic N) is 1. The van der Waals surface area contributed by atoms with Crippen molar-refractivity contribution in [1.82, 2.24) is 10.2 Å². The first-order chi connectivity index (χ1) is 16.4. The maximum atomic E-state index is 12.8. The number of ether oxygens (including phenoxy) is 2. The second kappa shape index (κ2) is 10.2. The molecule has 4 rings (SSSR count). The van der Waals surface area contributed by atoms with Gasteiger partial charge in [-0.1, -0.05) is 6.07 Å². The van der Waals surface area contributed by atoms with Crippen LogP contribution in [0.5, 0.6) is 5.75 Å². The number of esters is 1. The number of carbonyl (C=O) groups excluding carboxylic acids is 2. The fraction of sp³-hybridized carbons (Fsp3) is 0.423. The molecule has 8 heteroatoms. The minimum absolute atomic E-state index is 0.0240. The quantitative estimate of drug-likeness (QED) is 0.607. The Bertz CT molecular complexity index is 1130. The molecule has 1 amide bonds. The molecule has 0 spiro atoms. The normalized spacial score (nSPS) is 16.9. The maximum Gasteiger partial charge on any atom is 0.338 e. The average molecular weight is 464 g/mol. The van der Waals surface area contributed by atoms with E-state index in [1.54, 1.807) is 24.3 Å². The fourth-order valence-corrected chi connectivity index (χ4v) is 4.65. The Balaban J connectivity index is 1.32. The zero-order valence-corrected chi connectivity index (χ0v) is 19.5. The van der Waals surface area contributed by atoms with E-state index < -0.39 is 6.10 Å². The van der Waals surface area contributed by atoms with E-state index in [0.29, 0.717) is 35.6 Å². The fourth-order valence-electron chi connectivity index (χ4n) is 4.65. The molecule has 0 aromatic heterocycles. The molecule has 2 aliphatic rings. The van der Waals surface area contributed by atoms with Crippen molar-refractivity contribution in [2.45, 2.75) is 45.4 Å². The maximum absolute atomic E-state index is 12.8. The Hall–Kier alpha value is -3.41. The molecule has 2 aliphatic heterocycles. The van der Waals surface area contributed by atoms with Crippen molar-refractivity contribution in [3.63, 3.8) is 0 Å². The molecule has 0 unspecified atom stereocenters. The summed E-state index contributed by atoms with van der Waals surface area (Å²) in [5.41, 5.74) is 4.04. The predicted octanol–water partition coefficient (Wildman–Crippen LogP) is 2.86. The number of nitrogens with zero attached hydrogens (tertiary/aromatic N) is 2. The average Bonchev–Trinajstić information content (AvgIpc) is 3.22. The van der Waals surface area contributed by atoms with Gasteiger partial charge in [0.05, 0.1) is 35.5 Å². The molecule has 1 atom stereocenters. The van der Waals surface area contributed by atoms with E-state index in [9.17, 15) is 14.7 Å². The number of piperidine rings is 1. The van der Waals surface area contributed by atoms with Gasteiger partial charge >= 0.3 is 5.97 Å². The largest absolute Gasteiger partial charge is 0.493 e. The van der Waals surface area contributed by atoms with E-state index in [1.165, 1.54) is 0 Å². The summed E-state index contributed by atoms with van der Waals surface area (Å²) >= 11 is 0. The van der Waals surface area contributed by atoms with Crippen molar-refractivity contribution >= 4 is 11.9 Å². The molecular weight excluding hydrogens is 434 g/mol. The summed E-state index contributed by atoms with van der Waals surface area (Å²) in [4.78, 5) is 26.8. The number of aliphatic hydroxyl groups is 1. The minimum Gasteiger partial charge on any atom is -0.493 e. The Morgan fingerprint density at radius 2 is 2.09 bits per heavy atom. The molecule has 2 heterocycles. The number of carbonyl (C=O) groups is 2. The first kappa shape index (κ1) is 23.7. The number of rotatable bonds is 7. The topological polar surface area (TPSA) is 112 Å². The van der Waals surface area contributed by atoms with Crippen molar-refractivity contribution in [2.24, 2.45) is 0 Å². The lowest BCUT2D eigenvalue weighted by Gasteiger charge is -2.34. The van der Waals surface area contributed by atoms with Crippen molar-refractivity contribution in [2.75, 3.05) is 26.2 Å². The van der Waals surface area contributed by atoms with Gasteiger partial charge in [-0.15, -0.1) is 0 Å². The van der Waals surface area contributed by atoms with Crippen LogP contribution in [0.3, 0.4) is 0 Å². The molecule has 1 saturated heterocycles. The number of benzene rings is 2. The number of fused-ring (bicyclic) bond motifs is 1. The van der Waals surface area contributed by atoms with Gasteiger partial charge in [-0.05, 0) is 62.1 Å². The number of amides is 1. The number of cyclic esters (lactones) is 1. The van der Waals surface area contributed by atoms with Crippen LogP contribution in [0.1, 0.15) is 68.8 Å². The van der Waals surface area contributed by atoms with Gasteiger partial charge < -0.3 is 24.8 Å². The summed E-state index contributed by atoms with van der Waals surface area (Å²) in [7, 11) is 0. The number of likely N-dealkylation sites (tertiary alicyclic amines) is 1. The molecule has 8 nitrogen and oxygen atoms in total. The van der Waals surface area contributed by atoms with Crippen LogP contribution in [-0.2, 0) is 11.3 Å². The van der Waals surface area contributed by atoms with Crippen molar-refractivity contribution in [3.8, 4) is 11.8 Å². The zero-order chi connectivity index (χ0) is 24.2. The van der Waals surface area contributed by atoms with Crippen molar-refractivity contribution in [3.05, 3.63) is 63.7 Å². The van der Waals surface area contributed by atoms with Crippen LogP contribution in [0.25, 0.3) is 0 Å². The summed E-state index contributed by atoms with van der Waals surface area (Å²) in [6.45, 7) is 6.40. The molecule has 0 bridgehead atoms. The Kier molecular flexibility index (Phi) is 7.15. The van der Waals surface area contributed by atoms with E-state index in [4.69, 9.17) is 14.7 Å². The molecule has 178 valence electrons. The van der Waals surface area contributed by atoms with Crippen LogP contribution in [0.4, 0.5) is 0 Å². The van der Waals surface area contributed by atoms with Crippen LogP contribution in [-0.4, -0.2) is 54.2 Å². The molecule has 0 radical (unpaired) electrons. The van der Waals surface area contributed by atoms with Crippen LogP contribution in [0.2, 0.25) is 0 Å². The van der Waals surface area contributed by atoms with E-state index in [1.807, 2.05) is 19.9 Å². The SMILES string of the molecule is CCOc1cc(C#N)ccc1C(=O)NC1CCN(C[C@H](O)c2ccc3c(c2C)COC3=O)CC1. The standard InChI is InChI=1S/C26H29N3O5/c1-3-33-24-12-17(13-27)4-5-21(24)25(31)28-18-8-10-29(11-9-18)14-23(30)19-6-7-20-22(16(19)2)15-34-26(20)32/h4-7,12,18,23,30H,3,8-11,14-15H2,1-2H3,(H,28,31)/t23-/m0/s1. The lowest BCUT2D eigenvalue weighted by molar-refractivity contribution is 0.0534. The predicted molar refractivity (Wildman–Crippen MR) is 125 cm³/mol. The highest BCUT2D eigenvalue weighted by atomic mass is 16.5. The van der Waals surface area contributed by atoms with E-state index in [-0.39, 0.29) is 24.5 Å². The van der Waals surface area contributed by atoms with E-state index in [2.05, 4.69) is 16.3 Å². The highest BCUT2D eigenvalue weighted by molar-refractivity contribution is 5.97. The molecule has 0 aliphatic carbocycles. The third kappa shape index (κ3) is 4.91. The van der Waals surface area contributed by atoms with Gasteiger partial charge in [-0.2, -0.15) is 5.26 Å². The third-order valence-electron chi connectivity index (χ3n) is 6.58. The van der Waals surface area contributed by atoms with Crippen molar-refractivity contribution < 1.29 is 24.2 Å². The first-order valence-corrected chi connectivity index (χ1v) is 11.6. The van der Waals surface area contributed by atoms with Gasteiger partial charge in [0.15, 0.2) is 0 Å². The number of aliphatic hydroxyl groups excluding tert-OH is 1. The zero-order valence-electron chi connectivity index (χ0n) is 19.5.